The van der Waals surface area contributed by atoms with Gasteiger partial charge in [0.05, 0.1) is 5.92 Å². The molecular formula is C12H25N3O. The average molecular weight is 227 g/mol. The van der Waals surface area contributed by atoms with Crippen LogP contribution >= 0.6 is 0 Å². The summed E-state index contributed by atoms with van der Waals surface area (Å²) in [5.41, 5.74) is 6.01. The number of rotatable bonds is 5. The van der Waals surface area contributed by atoms with Gasteiger partial charge in [0, 0.05) is 19.6 Å². The number of hydrogen-bond acceptors (Lipinski definition) is 3. The van der Waals surface area contributed by atoms with Gasteiger partial charge in [-0.1, -0.05) is 12.8 Å². The van der Waals surface area contributed by atoms with Crippen molar-refractivity contribution in [1.29, 1.82) is 0 Å². The van der Waals surface area contributed by atoms with Crippen molar-refractivity contribution in [1.82, 2.24) is 10.2 Å². The summed E-state index contributed by atoms with van der Waals surface area (Å²) in [4.78, 5) is 14.0. The molecule has 4 heteroatoms. The number of nitrogens with one attached hydrogen (secondary N) is 1. The quantitative estimate of drug-likeness (QED) is 0.675. The fourth-order valence-electron chi connectivity index (χ4n) is 2.35. The first-order valence-electron chi connectivity index (χ1n) is 6.32. The Balaban J connectivity index is 2.36. The number of carbonyl (C=O) groups is 1. The maximum absolute atomic E-state index is 12.1. The first-order valence-corrected chi connectivity index (χ1v) is 6.32. The van der Waals surface area contributed by atoms with Gasteiger partial charge in [-0.3, -0.25) is 4.79 Å². The van der Waals surface area contributed by atoms with Gasteiger partial charge in [-0.15, -0.1) is 0 Å². The van der Waals surface area contributed by atoms with Crippen LogP contribution in [0.4, 0.5) is 0 Å². The molecule has 0 saturated heterocycles. The Morgan fingerprint density at radius 2 is 2.12 bits per heavy atom. The third-order valence-corrected chi connectivity index (χ3v) is 3.43. The van der Waals surface area contributed by atoms with Crippen LogP contribution in [0, 0.1) is 5.92 Å². The second-order valence-corrected chi connectivity index (χ2v) is 4.77. The molecule has 0 heterocycles. The predicted molar refractivity (Wildman–Crippen MR) is 66.1 cm³/mol. The van der Waals surface area contributed by atoms with Crippen LogP contribution in [-0.2, 0) is 4.79 Å². The number of carbonyl (C=O) groups excluding carboxylic acids is 1. The fourth-order valence-corrected chi connectivity index (χ4v) is 2.35. The standard InChI is InChI=1S/C12H25N3O/c1-14-8-5-9-15(2)12(16)10-6-3-4-7-11(10)13/h10-11,14H,3-9,13H2,1-2H3. The van der Waals surface area contributed by atoms with E-state index >= 15 is 0 Å². The van der Waals surface area contributed by atoms with Crippen LogP contribution < -0.4 is 11.1 Å². The minimum atomic E-state index is 0.0633. The van der Waals surface area contributed by atoms with E-state index in [4.69, 9.17) is 5.73 Å². The molecule has 1 fully saturated rings. The van der Waals surface area contributed by atoms with Gasteiger partial charge in [0.15, 0.2) is 0 Å². The Morgan fingerprint density at radius 3 is 2.75 bits per heavy atom. The predicted octanol–water partition coefficient (Wildman–Crippen LogP) is 0.572. The van der Waals surface area contributed by atoms with E-state index in [1.165, 1.54) is 6.42 Å². The molecule has 0 radical (unpaired) electrons. The molecule has 1 aliphatic carbocycles. The Kier molecular flexibility index (Phi) is 5.77. The molecule has 1 amide bonds. The molecule has 0 aromatic rings. The van der Waals surface area contributed by atoms with Gasteiger partial charge in [0.2, 0.25) is 5.91 Å². The summed E-state index contributed by atoms with van der Waals surface area (Å²) in [6.07, 6.45) is 5.29. The highest BCUT2D eigenvalue weighted by Gasteiger charge is 2.29. The summed E-state index contributed by atoms with van der Waals surface area (Å²) in [5, 5.41) is 3.09. The smallest absolute Gasteiger partial charge is 0.226 e. The van der Waals surface area contributed by atoms with Crippen molar-refractivity contribution in [3.05, 3.63) is 0 Å². The molecule has 0 aromatic heterocycles. The van der Waals surface area contributed by atoms with Crippen molar-refractivity contribution < 1.29 is 4.79 Å². The lowest BCUT2D eigenvalue weighted by Crippen LogP contribution is -2.44. The molecule has 0 spiro atoms. The minimum absolute atomic E-state index is 0.0633. The van der Waals surface area contributed by atoms with Gasteiger partial charge in [0.25, 0.3) is 0 Å². The maximum atomic E-state index is 12.1. The molecule has 1 aliphatic rings. The van der Waals surface area contributed by atoms with Crippen molar-refractivity contribution >= 4 is 5.91 Å². The number of hydrogen-bond donors (Lipinski definition) is 2. The van der Waals surface area contributed by atoms with Crippen LogP contribution in [0.3, 0.4) is 0 Å². The average Bonchev–Trinajstić information content (AvgIpc) is 2.29. The summed E-state index contributed by atoms with van der Waals surface area (Å²) in [6.45, 7) is 1.78. The lowest BCUT2D eigenvalue weighted by molar-refractivity contribution is -0.135. The van der Waals surface area contributed by atoms with Crippen molar-refractivity contribution in [2.45, 2.75) is 38.1 Å². The lowest BCUT2D eigenvalue weighted by atomic mass is 9.84. The SMILES string of the molecule is CNCCCN(C)C(=O)C1CCCCC1N. The highest BCUT2D eigenvalue weighted by atomic mass is 16.2. The zero-order valence-corrected chi connectivity index (χ0v) is 10.5. The largest absolute Gasteiger partial charge is 0.345 e. The Hall–Kier alpha value is -0.610. The maximum Gasteiger partial charge on any atom is 0.226 e. The molecule has 2 unspecified atom stereocenters. The van der Waals surface area contributed by atoms with Crippen molar-refractivity contribution in [3.63, 3.8) is 0 Å². The summed E-state index contributed by atoms with van der Waals surface area (Å²) in [7, 11) is 3.82. The zero-order valence-electron chi connectivity index (χ0n) is 10.5. The molecular weight excluding hydrogens is 202 g/mol. The van der Waals surface area contributed by atoms with Crippen LogP contribution in [-0.4, -0.2) is 44.0 Å². The van der Waals surface area contributed by atoms with Gasteiger partial charge >= 0.3 is 0 Å². The van der Waals surface area contributed by atoms with Gasteiger partial charge in [0.1, 0.15) is 0 Å². The third kappa shape index (κ3) is 3.76. The van der Waals surface area contributed by atoms with E-state index < -0.39 is 0 Å². The van der Waals surface area contributed by atoms with Crippen LogP contribution in [0.2, 0.25) is 0 Å². The van der Waals surface area contributed by atoms with E-state index in [0.717, 1.165) is 38.8 Å². The third-order valence-electron chi connectivity index (χ3n) is 3.43. The van der Waals surface area contributed by atoms with Crippen molar-refractivity contribution in [3.8, 4) is 0 Å². The van der Waals surface area contributed by atoms with Crippen LogP contribution in [0.1, 0.15) is 32.1 Å². The van der Waals surface area contributed by atoms with E-state index in [2.05, 4.69) is 5.32 Å². The Bertz CT molecular complexity index is 220. The highest BCUT2D eigenvalue weighted by molar-refractivity contribution is 5.79. The van der Waals surface area contributed by atoms with E-state index in [9.17, 15) is 4.79 Å². The summed E-state index contributed by atoms with van der Waals surface area (Å²) in [5.74, 6) is 0.302. The van der Waals surface area contributed by atoms with Crippen molar-refractivity contribution in [2.24, 2.45) is 11.7 Å². The Labute approximate surface area is 98.6 Å². The monoisotopic (exact) mass is 227 g/mol. The van der Waals surface area contributed by atoms with Crippen molar-refractivity contribution in [2.75, 3.05) is 27.2 Å². The van der Waals surface area contributed by atoms with Gasteiger partial charge < -0.3 is 16.0 Å². The highest BCUT2D eigenvalue weighted by Crippen LogP contribution is 2.24. The first kappa shape index (κ1) is 13.5. The second kappa shape index (κ2) is 6.86. The van der Waals surface area contributed by atoms with E-state index in [0.29, 0.717) is 0 Å². The molecule has 0 bridgehead atoms. The van der Waals surface area contributed by atoms with Crippen LogP contribution in [0.25, 0.3) is 0 Å². The second-order valence-electron chi connectivity index (χ2n) is 4.77. The van der Waals surface area contributed by atoms with Crippen LogP contribution in [0.15, 0.2) is 0 Å². The van der Waals surface area contributed by atoms with E-state index in [1.54, 1.807) is 0 Å². The van der Waals surface area contributed by atoms with E-state index in [-0.39, 0.29) is 17.9 Å². The number of nitrogens with zero attached hydrogens (tertiary/aromatic N) is 1. The summed E-state index contributed by atoms with van der Waals surface area (Å²) >= 11 is 0. The molecule has 3 N–H and O–H groups in total. The molecule has 0 aromatic carbocycles. The number of nitrogens with two attached hydrogens (primary N) is 1. The normalized spacial score (nSPS) is 25.4. The lowest BCUT2D eigenvalue weighted by Gasteiger charge is -2.31. The minimum Gasteiger partial charge on any atom is -0.345 e. The molecule has 1 saturated carbocycles. The van der Waals surface area contributed by atoms with Gasteiger partial charge in [-0.2, -0.15) is 0 Å². The molecule has 16 heavy (non-hydrogen) atoms. The molecule has 94 valence electrons. The number of amides is 1. The molecule has 1 rings (SSSR count). The van der Waals surface area contributed by atoms with Crippen LogP contribution in [0.5, 0.6) is 0 Å². The van der Waals surface area contributed by atoms with E-state index in [1.807, 2.05) is 19.0 Å². The Morgan fingerprint density at radius 1 is 1.44 bits per heavy atom. The summed E-state index contributed by atoms with van der Waals surface area (Å²) in [6, 6.07) is 0.0769. The van der Waals surface area contributed by atoms with Gasteiger partial charge in [-0.05, 0) is 32.9 Å². The zero-order chi connectivity index (χ0) is 12.0. The fraction of sp³-hybridized carbons (Fsp3) is 0.917. The summed E-state index contributed by atoms with van der Waals surface area (Å²) < 4.78 is 0. The molecule has 2 atom stereocenters. The first-order chi connectivity index (χ1) is 7.66. The molecule has 0 aliphatic heterocycles. The molecule has 4 nitrogen and oxygen atoms in total. The van der Waals surface area contributed by atoms with Gasteiger partial charge in [-0.25, -0.2) is 0 Å². The topological polar surface area (TPSA) is 58.4 Å².